The monoisotopic (exact) mass is 265 g/mol. The Hall–Kier alpha value is -1.53. The molecular formula is C12H15N3O2S. The lowest BCUT2D eigenvalue weighted by Crippen LogP contribution is -2.04. The van der Waals surface area contributed by atoms with Crippen LogP contribution in [0.25, 0.3) is 5.65 Å². The Morgan fingerprint density at radius 2 is 2.39 bits per heavy atom. The Balaban J connectivity index is 2.34. The quantitative estimate of drug-likeness (QED) is 0.656. The van der Waals surface area contributed by atoms with Crippen LogP contribution in [0.3, 0.4) is 0 Å². The van der Waals surface area contributed by atoms with Gasteiger partial charge in [0.05, 0.1) is 11.6 Å². The molecule has 0 aliphatic heterocycles. The van der Waals surface area contributed by atoms with Crippen LogP contribution in [0.15, 0.2) is 29.4 Å². The van der Waals surface area contributed by atoms with E-state index >= 15 is 0 Å². The van der Waals surface area contributed by atoms with Crippen molar-refractivity contribution in [3.05, 3.63) is 30.1 Å². The number of thioether (sulfide) groups is 1. The molecule has 2 heterocycles. The molecule has 18 heavy (non-hydrogen) atoms. The van der Waals surface area contributed by atoms with E-state index in [1.807, 2.05) is 22.6 Å². The van der Waals surface area contributed by atoms with Gasteiger partial charge in [-0.3, -0.25) is 4.40 Å². The molecule has 2 aromatic heterocycles. The van der Waals surface area contributed by atoms with Gasteiger partial charge in [0.1, 0.15) is 5.65 Å². The van der Waals surface area contributed by atoms with E-state index in [4.69, 9.17) is 10.5 Å². The van der Waals surface area contributed by atoms with Crippen LogP contribution in [0.1, 0.15) is 17.4 Å². The number of carbonyl (C=O) groups is 1. The van der Waals surface area contributed by atoms with Crippen LogP contribution in [-0.4, -0.2) is 34.3 Å². The van der Waals surface area contributed by atoms with Crippen LogP contribution < -0.4 is 5.73 Å². The van der Waals surface area contributed by atoms with Crippen molar-refractivity contribution in [2.75, 3.05) is 18.9 Å². The largest absolute Gasteiger partial charge is 0.461 e. The first-order valence-electron chi connectivity index (χ1n) is 5.74. The van der Waals surface area contributed by atoms with Crippen molar-refractivity contribution in [1.82, 2.24) is 9.38 Å². The van der Waals surface area contributed by atoms with Gasteiger partial charge in [0.25, 0.3) is 0 Å². The van der Waals surface area contributed by atoms with Gasteiger partial charge in [-0.1, -0.05) is 6.07 Å². The van der Waals surface area contributed by atoms with Gasteiger partial charge < -0.3 is 10.5 Å². The number of fused-ring (bicyclic) bond motifs is 1. The first kappa shape index (κ1) is 12.9. The lowest BCUT2D eigenvalue weighted by Gasteiger charge is -2.02. The van der Waals surface area contributed by atoms with Crippen LogP contribution in [0.5, 0.6) is 0 Å². The molecule has 0 aromatic carbocycles. The first-order chi connectivity index (χ1) is 8.76. The van der Waals surface area contributed by atoms with Gasteiger partial charge in [0.15, 0.2) is 5.69 Å². The molecule has 0 saturated carbocycles. The third-order valence-corrected chi connectivity index (χ3v) is 3.38. The number of esters is 1. The number of rotatable bonds is 5. The minimum absolute atomic E-state index is 0.331. The van der Waals surface area contributed by atoms with Crippen LogP contribution >= 0.6 is 11.8 Å². The molecular weight excluding hydrogens is 250 g/mol. The van der Waals surface area contributed by atoms with Crippen molar-refractivity contribution in [3.63, 3.8) is 0 Å². The molecule has 0 saturated heterocycles. The number of nitrogens with two attached hydrogens (primary N) is 1. The topological polar surface area (TPSA) is 69.6 Å². The molecule has 5 nitrogen and oxygen atoms in total. The number of nitrogens with zero attached hydrogens (tertiary/aromatic N) is 2. The van der Waals surface area contributed by atoms with E-state index in [-0.39, 0.29) is 0 Å². The van der Waals surface area contributed by atoms with Gasteiger partial charge in [0.2, 0.25) is 0 Å². The fourth-order valence-corrected chi connectivity index (χ4v) is 2.36. The SMILES string of the molecule is CCOC(=O)c1cn2c(SCCN)cccc2n1. The van der Waals surface area contributed by atoms with E-state index in [1.165, 1.54) is 0 Å². The molecule has 0 atom stereocenters. The maximum absolute atomic E-state index is 11.6. The number of carbonyl (C=O) groups excluding carboxylic acids is 1. The summed E-state index contributed by atoms with van der Waals surface area (Å²) in [5.41, 5.74) is 6.56. The zero-order valence-corrected chi connectivity index (χ0v) is 10.9. The van der Waals surface area contributed by atoms with E-state index in [0.717, 1.165) is 16.4 Å². The molecule has 0 amide bonds. The molecule has 2 N–H and O–H groups in total. The summed E-state index contributed by atoms with van der Waals surface area (Å²) >= 11 is 1.63. The lowest BCUT2D eigenvalue weighted by atomic mass is 10.5. The van der Waals surface area contributed by atoms with Gasteiger partial charge in [-0.2, -0.15) is 0 Å². The molecule has 96 valence electrons. The number of pyridine rings is 1. The normalized spacial score (nSPS) is 10.8. The van der Waals surface area contributed by atoms with E-state index in [9.17, 15) is 4.79 Å². The number of hydrogen-bond donors (Lipinski definition) is 1. The third-order valence-electron chi connectivity index (χ3n) is 2.31. The predicted octanol–water partition coefficient (Wildman–Crippen LogP) is 1.56. The molecule has 0 radical (unpaired) electrons. The van der Waals surface area contributed by atoms with E-state index in [1.54, 1.807) is 24.9 Å². The zero-order chi connectivity index (χ0) is 13.0. The second-order valence-electron chi connectivity index (χ2n) is 3.58. The van der Waals surface area contributed by atoms with Crippen molar-refractivity contribution < 1.29 is 9.53 Å². The minimum atomic E-state index is -0.393. The van der Waals surface area contributed by atoms with E-state index < -0.39 is 5.97 Å². The smallest absolute Gasteiger partial charge is 0.358 e. The Morgan fingerprint density at radius 1 is 1.56 bits per heavy atom. The van der Waals surface area contributed by atoms with Crippen molar-refractivity contribution >= 4 is 23.4 Å². The van der Waals surface area contributed by atoms with Gasteiger partial charge in [-0.05, 0) is 19.1 Å². The molecule has 0 fully saturated rings. The zero-order valence-electron chi connectivity index (χ0n) is 10.1. The molecule has 0 spiro atoms. The number of imidazole rings is 1. The first-order valence-corrected chi connectivity index (χ1v) is 6.73. The maximum Gasteiger partial charge on any atom is 0.358 e. The van der Waals surface area contributed by atoms with Crippen LogP contribution in [0, 0.1) is 0 Å². The van der Waals surface area contributed by atoms with E-state index in [2.05, 4.69) is 4.98 Å². The summed E-state index contributed by atoms with van der Waals surface area (Å²) in [4.78, 5) is 15.9. The minimum Gasteiger partial charge on any atom is -0.461 e. The standard InChI is InChI=1S/C12H15N3O2S/c1-2-17-12(16)9-8-15-10(14-9)4-3-5-11(15)18-7-6-13/h3-5,8H,2,6-7,13H2,1H3. The molecule has 0 unspecified atom stereocenters. The Bertz CT molecular complexity index is 553. The van der Waals surface area contributed by atoms with Gasteiger partial charge in [-0.15, -0.1) is 11.8 Å². The van der Waals surface area contributed by atoms with Crippen molar-refractivity contribution in [3.8, 4) is 0 Å². The van der Waals surface area contributed by atoms with Crippen molar-refractivity contribution in [2.24, 2.45) is 5.73 Å². The van der Waals surface area contributed by atoms with E-state index in [0.29, 0.717) is 18.8 Å². The van der Waals surface area contributed by atoms with Crippen molar-refractivity contribution in [2.45, 2.75) is 11.9 Å². The molecule has 2 aromatic rings. The molecule has 6 heteroatoms. The fourth-order valence-electron chi connectivity index (χ4n) is 1.57. The predicted molar refractivity (Wildman–Crippen MR) is 70.9 cm³/mol. The highest BCUT2D eigenvalue weighted by atomic mass is 32.2. The average molecular weight is 265 g/mol. The third kappa shape index (κ3) is 2.65. The highest BCUT2D eigenvalue weighted by Gasteiger charge is 2.12. The second kappa shape index (κ2) is 5.88. The van der Waals surface area contributed by atoms with Gasteiger partial charge >= 0.3 is 5.97 Å². The Morgan fingerprint density at radius 3 is 3.11 bits per heavy atom. The summed E-state index contributed by atoms with van der Waals surface area (Å²) < 4.78 is 6.82. The van der Waals surface area contributed by atoms with Crippen LogP contribution in [0.2, 0.25) is 0 Å². The average Bonchev–Trinajstić information content (AvgIpc) is 2.81. The maximum atomic E-state index is 11.6. The van der Waals surface area contributed by atoms with Gasteiger partial charge in [0, 0.05) is 18.5 Å². The molecule has 0 aliphatic carbocycles. The summed E-state index contributed by atoms with van der Waals surface area (Å²) in [6.07, 6.45) is 1.70. The summed E-state index contributed by atoms with van der Waals surface area (Å²) in [6.45, 7) is 2.73. The van der Waals surface area contributed by atoms with Crippen LogP contribution in [0.4, 0.5) is 0 Å². The summed E-state index contributed by atoms with van der Waals surface area (Å²) in [7, 11) is 0. The highest BCUT2D eigenvalue weighted by molar-refractivity contribution is 7.99. The summed E-state index contributed by atoms with van der Waals surface area (Å²) in [5.74, 6) is 0.433. The van der Waals surface area contributed by atoms with Crippen LogP contribution in [-0.2, 0) is 4.74 Å². The van der Waals surface area contributed by atoms with Crippen molar-refractivity contribution in [1.29, 1.82) is 0 Å². The fraction of sp³-hybridized carbons (Fsp3) is 0.333. The lowest BCUT2D eigenvalue weighted by molar-refractivity contribution is 0.0520. The summed E-state index contributed by atoms with van der Waals surface area (Å²) in [5, 5.41) is 1.01. The summed E-state index contributed by atoms with van der Waals surface area (Å²) in [6, 6.07) is 5.75. The highest BCUT2D eigenvalue weighted by Crippen LogP contribution is 2.19. The Labute approximate surface area is 109 Å². The second-order valence-corrected chi connectivity index (χ2v) is 4.69. The number of aromatic nitrogens is 2. The molecule has 0 aliphatic rings. The molecule has 2 rings (SSSR count). The number of hydrogen-bond acceptors (Lipinski definition) is 5. The number of ether oxygens (including phenoxy) is 1. The van der Waals surface area contributed by atoms with Gasteiger partial charge in [-0.25, -0.2) is 9.78 Å². The Kier molecular flexibility index (Phi) is 4.22. The molecule has 0 bridgehead atoms.